The van der Waals surface area contributed by atoms with Gasteiger partial charge in [0.25, 0.3) is 0 Å². The topological polar surface area (TPSA) is 57.5 Å². The van der Waals surface area contributed by atoms with Crippen LogP contribution in [0.15, 0.2) is 10.5 Å². The molecule has 0 bridgehead atoms. The molecule has 86 valence electrons. The Labute approximate surface area is 100 Å². The normalized spacial score (nSPS) is 23.2. The maximum Gasteiger partial charge on any atom is 0.336 e. The van der Waals surface area contributed by atoms with Gasteiger partial charge in [-0.25, -0.2) is 9.18 Å². The minimum atomic E-state index is -1.18. The first-order valence-corrected chi connectivity index (χ1v) is 5.65. The molecule has 1 aliphatic carbocycles. The summed E-state index contributed by atoms with van der Waals surface area (Å²) < 4.78 is 13.8. The monoisotopic (exact) mass is 288 g/mol. The summed E-state index contributed by atoms with van der Waals surface area (Å²) in [5.74, 6) is -1.92. The Bertz CT molecular complexity index is 473. The van der Waals surface area contributed by atoms with E-state index in [4.69, 9.17) is 5.11 Å². The SMILES string of the molecule is C[C@H]1Cc2cc(C(=O)O)c(Br)c(F)c2[C@H]1O. The Hall–Kier alpha value is -0.940. The van der Waals surface area contributed by atoms with Gasteiger partial charge >= 0.3 is 5.97 Å². The lowest BCUT2D eigenvalue weighted by atomic mass is 10.0. The van der Waals surface area contributed by atoms with Gasteiger partial charge < -0.3 is 10.2 Å². The first-order chi connectivity index (χ1) is 7.43. The summed E-state index contributed by atoms with van der Waals surface area (Å²) >= 11 is 2.91. The summed E-state index contributed by atoms with van der Waals surface area (Å²) in [5.41, 5.74) is 0.708. The Morgan fingerprint density at radius 3 is 2.81 bits per heavy atom. The molecule has 0 fully saturated rings. The lowest BCUT2D eigenvalue weighted by Crippen LogP contribution is -2.06. The zero-order chi connectivity index (χ0) is 12.0. The predicted octanol–water partition coefficient (Wildman–Crippen LogP) is 2.51. The summed E-state index contributed by atoms with van der Waals surface area (Å²) in [7, 11) is 0. The number of hydrogen-bond acceptors (Lipinski definition) is 2. The highest BCUT2D eigenvalue weighted by Crippen LogP contribution is 2.40. The van der Waals surface area contributed by atoms with Crippen LogP contribution in [0.5, 0.6) is 0 Å². The summed E-state index contributed by atoms with van der Waals surface area (Å²) in [4.78, 5) is 10.9. The van der Waals surface area contributed by atoms with E-state index in [1.807, 2.05) is 0 Å². The Morgan fingerprint density at radius 2 is 2.25 bits per heavy atom. The third-order valence-electron chi connectivity index (χ3n) is 2.94. The van der Waals surface area contributed by atoms with Gasteiger partial charge in [0.05, 0.1) is 16.1 Å². The van der Waals surface area contributed by atoms with Gasteiger partial charge in [0.2, 0.25) is 0 Å². The molecule has 2 rings (SSSR count). The molecule has 0 heterocycles. The van der Waals surface area contributed by atoms with E-state index in [0.29, 0.717) is 12.0 Å². The Balaban J connectivity index is 2.66. The van der Waals surface area contributed by atoms with Gasteiger partial charge in [-0.05, 0) is 39.9 Å². The molecule has 0 saturated heterocycles. The summed E-state index contributed by atoms with van der Waals surface area (Å²) in [6.45, 7) is 1.80. The van der Waals surface area contributed by atoms with Crippen LogP contribution in [-0.2, 0) is 6.42 Å². The molecule has 0 unspecified atom stereocenters. The molecular formula is C11H10BrFO3. The van der Waals surface area contributed by atoms with Crippen LogP contribution in [0, 0.1) is 11.7 Å². The second-order valence-electron chi connectivity index (χ2n) is 4.06. The number of aliphatic hydroxyl groups excluding tert-OH is 1. The van der Waals surface area contributed by atoms with Crippen molar-refractivity contribution >= 4 is 21.9 Å². The number of aromatic carboxylic acids is 1. The number of benzene rings is 1. The average Bonchev–Trinajstić information content (AvgIpc) is 2.48. The van der Waals surface area contributed by atoms with Gasteiger partial charge in [0, 0.05) is 5.56 Å². The van der Waals surface area contributed by atoms with E-state index in [0.717, 1.165) is 0 Å². The summed E-state index contributed by atoms with van der Waals surface area (Å²) in [6, 6.07) is 1.43. The van der Waals surface area contributed by atoms with Crippen molar-refractivity contribution in [3.63, 3.8) is 0 Å². The smallest absolute Gasteiger partial charge is 0.336 e. The number of carboxylic acid groups (broad SMARTS) is 1. The zero-order valence-corrected chi connectivity index (χ0v) is 10.1. The Morgan fingerprint density at radius 1 is 1.62 bits per heavy atom. The van der Waals surface area contributed by atoms with Crippen LogP contribution in [0.4, 0.5) is 4.39 Å². The first kappa shape index (κ1) is 11.5. The number of carbonyl (C=O) groups is 1. The van der Waals surface area contributed by atoms with Crippen LogP contribution in [0.1, 0.15) is 34.5 Å². The molecule has 0 saturated carbocycles. The van der Waals surface area contributed by atoms with E-state index < -0.39 is 17.9 Å². The van der Waals surface area contributed by atoms with Gasteiger partial charge in [-0.1, -0.05) is 6.92 Å². The van der Waals surface area contributed by atoms with Gasteiger partial charge in [-0.2, -0.15) is 0 Å². The van der Waals surface area contributed by atoms with E-state index in [1.54, 1.807) is 6.92 Å². The molecule has 1 aromatic rings. The maximum atomic E-state index is 13.9. The molecule has 1 aromatic carbocycles. The van der Waals surface area contributed by atoms with Gasteiger partial charge in [-0.15, -0.1) is 0 Å². The predicted molar refractivity (Wildman–Crippen MR) is 58.9 cm³/mol. The van der Waals surface area contributed by atoms with Crippen LogP contribution in [0.2, 0.25) is 0 Å². The number of carboxylic acids is 1. The van der Waals surface area contributed by atoms with Crippen LogP contribution >= 0.6 is 15.9 Å². The average molecular weight is 289 g/mol. The van der Waals surface area contributed by atoms with Crippen molar-refractivity contribution in [2.24, 2.45) is 5.92 Å². The van der Waals surface area contributed by atoms with Crippen LogP contribution in [0.3, 0.4) is 0 Å². The van der Waals surface area contributed by atoms with E-state index >= 15 is 0 Å². The van der Waals surface area contributed by atoms with Crippen LogP contribution < -0.4 is 0 Å². The largest absolute Gasteiger partial charge is 0.478 e. The standard InChI is InChI=1S/C11H10BrFO3/c1-4-2-5-3-6(11(15)16)8(12)9(13)7(5)10(4)14/h3-4,10,14H,2H2,1H3,(H,15,16)/t4-,10-/m0/s1. The molecule has 0 radical (unpaired) electrons. The molecular weight excluding hydrogens is 279 g/mol. The molecule has 0 spiro atoms. The van der Waals surface area contributed by atoms with Gasteiger partial charge in [0.15, 0.2) is 0 Å². The number of fused-ring (bicyclic) bond motifs is 1. The number of halogens is 2. The highest BCUT2D eigenvalue weighted by atomic mass is 79.9. The number of rotatable bonds is 1. The molecule has 5 heteroatoms. The van der Waals surface area contributed by atoms with Crippen molar-refractivity contribution in [3.05, 3.63) is 33.0 Å². The molecule has 1 aliphatic rings. The fourth-order valence-electron chi connectivity index (χ4n) is 2.08. The third kappa shape index (κ3) is 1.55. The van der Waals surface area contributed by atoms with Crippen molar-refractivity contribution in [2.75, 3.05) is 0 Å². The van der Waals surface area contributed by atoms with E-state index in [-0.39, 0.29) is 21.5 Å². The molecule has 3 nitrogen and oxygen atoms in total. The second kappa shape index (κ2) is 3.82. The zero-order valence-electron chi connectivity index (χ0n) is 8.50. The molecule has 0 aromatic heterocycles. The van der Waals surface area contributed by atoms with Gasteiger partial charge in [0.1, 0.15) is 5.82 Å². The van der Waals surface area contributed by atoms with Crippen molar-refractivity contribution in [3.8, 4) is 0 Å². The molecule has 2 N–H and O–H groups in total. The van der Waals surface area contributed by atoms with E-state index in [2.05, 4.69) is 15.9 Å². The van der Waals surface area contributed by atoms with Crippen molar-refractivity contribution < 1.29 is 19.4 Å². The van der Waals surface area contributed by atoms with Crippen LogP contribution in [0.25, 0.3) is 0 Å². The van der Waals surface area contributed by atoms with Crippen molar-refractivity contribution in [1.82, 2.24) is 0 Å². The Kier molecular flexibility index (Phi) is 2.75. The van der Waals surface area contributed by atoms with Crippen molar-refractivity contribution in [2.45, 2.75) is 19.4 Å². The number of aliphatic hydroxyl groups is 1. The lowest BCUT2D eigenvalue weighted by Gasteiger charge is -2.11. The third-order valence-corrected chi connectivity index (χ3v) is 3.71. The molecule has 0 amide bonds. The first-order valence-electron chi connectivity index (χ1n) is 4.85. The lowest BCUT2D eigenvalue weighted by molar-refractivity contribution is 0.0694. The highest BCUT2D eigenvalue weighted by molar-refractivity contribution is 9.10. The summed E-state index contributed by atoms with van der Waals surface area (Å²) in [5, 5.41) is 18.7. The highest BCUT2D eigenvalue weighted by Gasteiger charge is 2.33. The number of hydrogen-bond donors (Lipinski definition) is 2. The molecule has 0 aliphatic heterocycles. The van der Waals surface area contributed by atoms with E-state index in [9.17, 15) is 14.3 Å². The molecule has 16 heavy (non-hydrogen) atoms. The van der Waals surface area contributed by atoms with Crippen molar-refractivity contribution in [1.29, 1.82) is 0 Å². The minimum absolute atomic E-state index is 0.0829. The minimum Gasteiger partial charge on any atom is -0.478 e. The molecule has 2 atom stereocenters. The van der Waals surface area contributed by atoms with E-state index in [1.165, 1.54) is 6.07 Å². The quantitative estimate of drug-likeness (QED) is 0.835. The van der Waals surface area contributed by atoms with Gasteiger partial charge in [-0.3, -0.25) is 0 Å². The second-order valence-corrected chi connectivity index (χ2v) is 4.85. The van der Waals surface area contributed by atoms with Crippen LogP contribution in [-0.4, -0.2) is 16.2 Å². The fourth-order valence-corrected chi connectivity index (χ4v) is 2.58. The fraction of sp³-hybridized carbons (Fsp3) is 0.364. The maximum absolute atomic E-state index is 13.9. The summed E-state index contributed by atoms with van der Waals surface area (Å²) in [6.07, 6.45) is -0.352.